The van der Waals surface area contributed by atoms with E-state index >= 15 is 0 Å². The topological polar surface area (TPSA) is 22.1 Å². The predicted octanol–water partition coefficient (Wildman–Crippen LogP) is 4.68. The summed E-state index contributed by atoms with van der Waals surface area (Å²) in [6.45, 7) is 0. The van der Waals surface area contributed by atoms with Gasteiger partial charge in [0.1, 0.15) is 11.5 Å². The van der Waals surface area contributed by atoms with Crippen molar-refractivity contribution < 1.29 is 4.74 Å². The minimum Gasteiger partial charge on any atom is -0.457 e. The zero-order valence-electron chi connectivity index (χ0n) is 9.51. The minimum absolute atomic E-state index is 0.696. The van der Waals surface area contributed by atoms with Crippen LogP contribution in [0.25, 0.3) is 10.9 Å². The molecule has 0 radical (unpaired) electrons. The van der Waals surface area contributed by atoms with E-state index in [0.717, 1.165) is 22.4 Å². The second-order valence-corrected chi connectivity index (χ2v) is 4.32. The van der Waals surface area contributed by atoms with Crippen molar-refractivity contribution in [1.29, 1.82) is 0 Å². The Hall–Kier alpha value is -2.06. The molecule has 1 aromatic heterocycles. The lowest BCUT2D eigenvalue weighted by atomic mass is 10.2. The Morgan fingerprint density at radius 3 is 2.50 bits per heavy atom. The molecule has 2 nitrogen and oxygen atoms in total. The Bertz CT molecular complexity index is 674. The van der Waals surface area contributed by atoms with Gasteiger partial charge < -0.3 is 4.74 Å². The van der Waals surface area contributed by atoms with Gasteiger partial charge in [0.25, 0.3) is 0 Å². The van der Waals surface area contributed by atoms with Crippen LogP contribution < -0.4 is 4.74 Å². The first-order chi connectivity index (χ1) is 8.83. The molecular weight excluding hydrogens is 246 g/mol. The first-order valence-electron chi connectivity index (χ1n) is 5.60. The molecule has 0 saturated heterocycles. The first kappa shape index (κ1) is 11.1. The fraction of sp³-hybridized carbons (Fsp3) is 0. The summed E-state index contributed by atoms with van der Waals surface area (Å²) >= 11 is 5.84. The Morgan fingerprint density at radius 1 is 0.889 bits per heavy atom. The van der Waals surface area contributed by atoms with Crippen LogP contribution in [0.5, 0.6) is 11.5 Å². The van der Waals surface area contributed by atoms with Crippen LogP contribution in [0.15, 0.2) is 60.8 Å². The molecule has 0 atom stereocenters. The number of hydrogen-bond donors (Lipinski definition) is 0. The first-order valence-corrected chi connectivity index (χ1v) is 5.98. The summed E-state index contributed by atoms with van der Waals surface area (Å²) in [4.78, 5) is 4.30. The molecule has 0 fully saturated rings. The van der Waals surface area contributed by atoms with Gasteiger partial charge in [0, 0.05) is 16.6 Å². The molecule has 0 bridgehead atoms. The Morgan fingerprint density at radius 2 is 1.67 bits per heavy atom. The fourth-order valence-electron chi connectivity index (χ4n) is 1.79. The smallest absolute Gasteiger partial charge is 0.138 e. The molecule has 3 aromatic rings. The molecule has 2 aromatic carbocycles. The zero-order valence-corrected chi connectivity index (χ0v) is 10.3. The third kappa shape index (κ3) is 2.15. The van der Waals surface area contributed by atoms with Crippen LogP contribution in [0, 0.1) is 0 Å². The molecular formula is C15H10ClNO. The van der Waals surface area contributed by atoms with Crippen LogP contribution in [-0.4, -0.2) is 4.98 Å². The highest BCUT2D eigenvalue weighted by atomic mass is 35.5. The normalized spacial score (nSPS) is 10.5. The highest BCUT2D eigenvalue weighted by Gasteiger charge is 2.03. The van der Waals surface area contributed by atoms with Gasteiger partial charge in [-0.25, -0.2) is 0 Å². The van der Waals surface area contributed by atoms with E-state index in [2.05, 4.69) is 4.98 Å². The Balaban J connectivity index is 2.02. The Kier molecular flexibility index (Phi) is 2.87. The molecule has 18 heavy (non-hydrogen) atoms. The minimum atomic E-state index is 0.696. The number of fused-ring (bicyclic) bond motifs is 1. The summed E-state index contributed by atoms with van der Waals surface area (Å²) in [6, 6.07) is 17.0. The van der Waals surface area contributed by atoms with E-state index in [1.807, 2.05) is 42.5 Å². The van der Waals surface area contributed by atoms with Crippen LogP contribution >= 0.6 is 11.6 Å². The molecule has 1 heterocycles. The molecule has 0 aliphatic rings. The third-order valence-corrected chi connectivity index (χ3v) is 2.90. The van der Waals surface area contributed by atoms with E-state index < -0.39 is 0 Å². The van der Waals surface area contributed by atoms with E-state index in [0.29, 0.717) is 5.02 Å². The lowest BCUT2D eigenvalue weighted by molar-refractivity contribution is 0.488. The van der Waals surface area contributed by atoms with Gasteiger partial charge in [0.15, 0.2) is 0 Å². The van der Waals surface area contributed by atoms with Gasteiger partial charge in [0.05, 0.1) is 5.52 Å². The maximum Gasteiger partial charge on any atom is 0.138 e. The van der Waals surface area contributed by atoms with Crippen molar-refractivity contribution in [3.8, 4) is 11.5 Å². The highest BCUT2D eigenvalue weighted by Crippen LogP contribution is 2.28. The average molecular weight is 256 g/mol. The average Bonchev–Trinajstić information content (AvgIpc) is 2.42. The fourth-order valence-corrected chi connectivity index (χ4v) is 1.91. The number of nitrogens with zero attached hydrogens (tertiary/aromatic N) is 1. The molecule has 0 unspecified atom stereocenters. The van der Waals surface area contributed by atoms with E-state index in [1.165, 1.54) is 0 Å². The number of hydrogen-bond acceptors (Lipinski definition) is 2. The van der Waals surface area contributed by atoms with Crippen LogP contribution in [0.4, 0.5) is 0 Å². The van der Waals surface area contributed by atoms with Gasteiger partial charge in [-0.05, 0) is 42.5 Å². The number of benzene rings is 2. The van der Waals surface area contributed by atoms with E-state index in [1.54, 1.807) is 18.3 Å². The van der Waals surface area contributed by atoms with E-state index in [9.17, 15) is 0 Å². The summed E-state index contributed by atoms with van der Waals surface area (Å²) in [7, 11) is 0. The van der Waals surface area contributed by atoms with Crippen LogP contribution in [0.3, 0.4) is 0 Å². The van der Waals surface area contributed by atoms with Crippen molar-refractivity contribution in [3.05, 3.63) is 65.8 Å². The van der Waals surface area contributed by atoms with Crippen molar-refractivity contribution in [3.63, 3.8) is 0 Å². The second kappa shape index (κ2) is 4.67. The molecule has 0 N–H and O–H groups in total. The van der Waals surface area contributed by atoms with Crippen molar-refractivity contribution in [2.75, 3.05) is 0 Å². The number of halogens is 1. The Labute approximate surface area is 110 Å². The highest BCUT2D eigenvalue weighted by molar-refractivity contribution is 6.30. The molecule has 88 valence electrons. The summed E-state index contributed by atoms with van der Waals surface area (Å²) in [5.41, 5.74) is 0.920. The lowest BCUT2D eigenvalue weighted by Gasteiger charge is -2.08. The van der Waals surface area contributed by atoms with Gasteiger partial charge in [-0.3, -0.25) is 4.98 Å². The van der Waals surface area contributed by atoms with E-state index in [-0.39, 0.29) is 0 Å². The van der Waals surface area contributed by atoms with Gasteiger partial charge >= 0.3 is 0 Å². The van der Waals surface area contributed by atoms with Gasteiger partial charge in [-0.15, -0.1) is 0 Å². The predicted molar refractivity (Wildman–Crippen MR) is 73.3 cm³/mol. The maximum absolute atomic E-state index is 5.85. The molecule has 3 rings (SSSR count). The quantitative estimate of drug-likeness (QED) is 0.663. The summed E-state index contributed by atoms with van der Waals surface area (Å²) in [5.74, 6) is 1.55. The van der Waals surface area contributed by atoms with Crippen molar-refractivity contribution in [2.45, 2.75) is 0 Å². The van der Waals surface area contributed by atoms with Crippen molar-refractivity contribution in [1.82, 2.24) is 4.98 Å². The number of rotatable bonds is 2. The van der Waals surface area contributed by atoms with Gasteiger partial charge in [0.2, 0.25) is 0 Å². The van der Waals surface area contributed by atoms with Gasteiger partial charge in [-0.2, -0.15) is 0 Å². The van der Waals surface area contributed by atoms with Gasteiger partial charge in [-0.1, -0.05) is 23.7 Å². The summed E-state index contributed by atoms with van der Waals surface area (Å²) in [5, 5.41) is 1.69. The largest absolute Gasteiger partial charge is 0.457 e. The maximum atomic E-state index is 5.85. The van der Waals surface area contributed by atoms with Crippen LogP contribution in [0.1, 0.15) is 0 Å². The summed E-state index contributed by atoms with van der Waals surface area (Å²) < 4.78 is 5.85. The molecule has 0 saturated carbocycles. The monoisotopic (exact) mass is 255 g/mol. The SMILES string of the molecule is Clc1ccc(Oc2ccnc3ccccc23)cc1. The number of aromatic nitrogens is 1. The third-order valence-electron chi connectivity index (χ3n) is 2.65. The zero-order chi connectivity index (χ0) is 12.4. The second-order valence-electron chi connectivity index (χ2n) is 3.88. The lowest BCUT2D eigenvalue weighted by Crippen LogP contribution is -1.87. The molecule has 0 spiro atoms. The standard InChI is InChI=1S/C15H10ClNO/c16-11-5-7-12(8-6-11)18-15-9-10-17-14-4-2-1-3-13(14)15/h1-10H. The van der Waals surface area contributed by atoms with Crippen molar-refractivity contribution >= 4 is 22.5 Å². The van der Waals surface area contributed by atoms with Crippen LogP contribution in [0.2, 0.25) is 5.02 Å². The molecule has 3 heteroatoms. The number of ether oxygens (including phenoxy) is 1. The van der Waals surface area contributed by atoms with E-state index in [4.69, 9.17) is 16.3 Å². The molecule has 0 amide bonds. The number of pyridine rings is 1. The van der Waals surface area contributed by atoms with Crippen LogP contribution in [-0.2, 0) is 0 Å². The summed E-state index contributed by atoms with van der Waals surface area (Å²) in [6.07, 6.45) is 1.74. The van der Waals surface area contributed by atoms with Crippen molar-refractivity contribution in [2.24, 2.45) is 0 Å². The molecule has 0 aliphatic carbocycles. The molecule has 0 aliphatic heterocycles. The number of para-hydroxylation sites is 1.